The molecular weight excluding hydrogens is 449 g/mol. The van der Waals surface area contributed by atoms with Gasteiger partial charge in [-0.3, -0.25) is 4.79 Å². The van der Waals surface area contributed by atoms with Crippen LogP contribution in [0.4, 0.5) is 5.69 Å². The first-order chi connectivity index (χ1) is 9.88. The number of nitrogens with one attached hydrogen (secondary N) is 1. The van der Waals surface area contributed by atoms with Gasteiger partial charge in [0.05, 0.1) is 11.3 Å². The smallest absolute Gasteiger partial charge is 0.337 e. The van der Waals surface area contributed by atoms with E-state index in [0.717, 1.165) is 13.6 Å². The van der Waals surface area contributed by atoms with Gasteiger partial charge in [0.25, 0.3) is 5.91 Å². The van der Waals surface area contributed by atoms with Crippen LogP contribution in [0.15, 0.2) is 40.9 Å². The van der Waals surface area contributed by atoms with Crippen molar-refractivity contribution in [3.05, 3.63) is 61.1 Å². The predicted octanol–water partition coefficient (Wildman–Crippen LogP) is 4.31. The summed E-state index contributed by atoms with van der Waals surface area (Å²) in [5, 5.41) is 11.8. The van der Waals surface area contributed by atoms with Crippen LogP contribution in [0.25, 0.3) is 0 Å². The average molecular weight is 460 g/mol. The number of hydrogen-bond donors (Lipinski definition) is 2. The predicted molar refractivity (Wildman–Crippen MR) is 93.0 cm³/mol. The first-order valence-electron chi connectivity index (χ1n) is 5.99. The van der Waals surface area contributed by atoms with Crippen molar-refractivity contribution in [3.8, 4) is 0 Å². The molecule has 6 heteroatoms. The molecule has 108 valence electrons. The van der Waals surface area contributed by atoms with Crippen LogP contribution in [-0.2, 0) is 0 Å². The maximum Gasteiger partial charge on any atom is 0.337 e. The van der Waals surface area contributed by atoms with Gasteiger partial charge in [0.1, 0.15) is 0 Å². The molecule has 0 saturated carbocycles. The molecule has 2 aromatic rings. The fraction of sp³-hybridized carbons (Fsp3) is 0.0667. The van der Waals surface area contributed by atoms with Crippen molar-refractivity contribution in [2.24, 2.45) is 0 Å². The second-order valence-electron chi connectivity index (χ2n) is 4.41. The molecule has 0 bridgehead atoms. The Bertz CT molecular complexity index is 731. The molecular formula is C15H11BrINO3. The van der Waals surface area contributed by atoms with Gasteiger partial charge in [0.15, 0.2) is 0 Å². The number of amides is 1. The number of aromatic carboxylic acids is 1. The number of benzene rings is 2. The number of anilines is 1. The molecule has 0 radical (unpaired) electrons. The van der Waals surface area contributed by atoms with Gasteiger partial charge in [-0.2, -0.15) is 0 Å². The first-order valence-corrected chi connectivity index (χ1v) is 7.86. The Hall–Kier alpha value is -1.41. The molecule has 0 unspecified atom stereocenters. The van der Waals surface area contributed by atoms with Crippen molar-refractivity contribution >= 4 is 56.1 Å². The van der Waals surface area contributed by atoms with E-state index in [-0.39, 0.29) is 17.2 Å². The van der Waals surface area contributed by atoms with E-state index in [1.165, 1.54) is 6.07 Å². The van der Waals surface area contributed by atoms with E-state index in [2.05, 4.69) is 21.2 Å². The maximum absolute atomic E-state index is 12.2. The van der Waals surface area contributed by atoms with Crippen molar-refractivity contribution in [2.75, 3.05) is 5.32 Å². The lowest BCUT2D eigenvalue weighted by atomic mass is 10.1. The topological polar surface area (TPSA) is 66.4 Å². The minimum atomic E-state index is -1.08. The van der Waals surface area contributed by atoms with E-state index in [1.807, 2.05) is 35.6 Å². The lowest BCUT2D eigenvalue weighted by Crippen LogP contribution is -2.15. The summed E-state index contributed by atoms with van der Waals surface area (Å²) < 4.78 is 1.62. The third-order valence-corrected chi connectivity index (χ3v) is 4.42. The summed E-state index contributed by atoms with van der Waals surface area (Å²) in [5.41, 5.74) is 1.83. The zero-order chi connectivity index (χ0) is 15.6. The molecule has 1 amide bonds. The molecule has 0 heterocycles. The van der Waals surface area contributed by atoms with Crippen molar-refractivity contribution in [1.82, 2.24) is 0 Å². The summed E-state index contributed by atoms with van der Waals surface area (Å²) >= 11 is 5.40. The molecule has 0 aliphatic heterocycles. The van der Waals surface area contributed by atoms with Gasteiger partial charge in [-0.1, -0.05) is 22.0 Å². The van der Waals surface area contributed by atoms with Gasteiger partial charge in [-0.25, -0.2) is 4.79 Å². The van der Waals surface area contributed by atoms with Crippen LogP contribution in [0.2, 0.25) is 0 Å². The van der Waals surface area contributed by atoms with Crippen LogP contribution in [0, 0.1) is 10.5 Å². The zero-order valence-electron chi connectivity index (χ0n) is 11.0. The molecule has 2 rings (SSSR count). The largest absolute Gasteiger partial charge is 0.478 e. The molecule has 0 atom stereocenters. The van der Waals surface area contributed by atoms with Crippen LogP contribution in [0.3, 0.4) is 0 Å². The number of halogens is 2. The van der Waals surface area contributed by atoms with Crippen molar-refractivity contribution in [1.29, 1.82) is 0 Å². The van der Waals surface area contributed by atoms with E-state index < -0.39 is 5.97 Å². The molecule has 0 aliphatic rings. The Labute approximate surface area is 143 Å². The van der Waals surface area contributed by atoms with E-state index >= 15 is 0 Å². The van der Waals surface area contributed by atoms with E-state index in [1.54, 1.807) is 24.3 Å². The fourth-order valence-corrected chi connectivity index (χ4v) is 2.60. The molecule has 4 nitrogen and oxygen atoms in total. The number of carboxylic acids is 1. The Morgan fingerprint density at radius 2 is 1.90 bits per heavy atom. The highest BCUT2D eigenvalue weighted by molar-refractivity contribution is 14.1. The standard InChI is InChI=1S/C15H11BrINO3/c1-8-2-3-9(6-12(8)16)14(19)18-13-5-4-10(17)7-11(13)15(20)21/h2-7H,1H3,(H,18,19)(H,20,21). The van der Waals surface area contributed by atoms with E-state index in [9.17, 15) is 14.7 Å². The first kappa shape index (κ1) is 16.0. The number of aryl methyl sites for hydroxylation is 1. The normalized spacial score (nSPS) is 10.2. The average Bonchev–Trinajstić information content (AvgIpc) is 2.43. The molecule has 2 N–H and O–H groups in total. The molecule has 0 spiro atoms. The molecule has 2 aromatic carbocycles. The molecule has 0 aliphatic carbocycles. The van der Waals surface area contributed by atoms with Gasteiger partial charge >= 0.3 is 5.97 Å². The monoisotopic (exact) mass is 459 g/mol. The van der Waals surface area contributed by atoms with E-state index in [4.69, 9.17) is 0 Å². The van der Waals surface area contributed by atoms with Gasteiger partial charge in [-0.05, 0) is 65.4 Å². The SMILES string of the molecule is Cc1ccc(C(=O)Nc2ccc(I)cc2C(=O)O)cc1Br. The number of rotatable bonds is 3. The summed E-state index contributed by atoms with van der Waals surface area (Å²) in [6.07, 6.45) is 0. The van der Waals surface area contributed by atoms with Crippen LogP contribution in [0.5, 0.6) is 0 Å². The van der Waals surface area contributed by atoms with Crippen LogP contribution in [0.1, 0.15) is 26.3 Å². The zero-order valence-corrected chi connectivity index (χ0v) is 14.7. The summed E-state index contributed by atoms with van der Waals surface area (Å²) in [7, 11) is 0. The Morgan fingerprint density at radius 3 is 2.52 bits per heavy atom. The third kappa shape index (κ3) is 3.82. The lowest BCUT2D eigenvalue weighted by Gasteiger charge is -2.10. The maximum atomic E-state index is 12.2. The number of hydrogen-bond acceptors (Lipinski definition) is 2. The van der Waals surface area contributed by atoms with Crippen molar-refractivity contribution in [3.63, 3.8) is 0 Å². The summed E-state index contributed by atoms with van der Waals surface area (Å²) in [4.78, 5) is 23.4. The van der Waals surface area contributed by atoms with Gasteiger partial charge < -0.3 is 10.4 Å². The second-order valence-corrected chi connectivity index (χ2v) is 6.51. The van der Waals surface area contributed by atoms with Crippen LogP contribution >= 0.6 is 38.5 Å². The Kier molecular flexibility index (Phi) is 5.00. The summed E-state index contributed by atoms with van der Waals surface area (Å²) in [5.74, 6) is -1.42. The van der Waals surface area contributed by atoms with Crippen LogP contribution < -0.4 is 5.32 Å². The number of carbonyl (C=O) groups is 2. The van der Waals surface area contributed by atoms with Crippen LogP contribution in [-0.4, -0.2) is 17.0 Å². The highest BCUT2D eigenvalue weighted by Gasteiger charge is 2.14. The Balaban J connectivity index is 2.31. The van der Waals surface area contributed by atoms with E-state index in [0.29, 0.717) is 5.56 Å². The molecule has 21 heavy (non-hydrogen) atoms. The summed E-state index contributed by atoms with van der Waals surface area (Å²) in [6.45, 7) is 1.92. The highest BCUT2D eigenvalue weighted by atomic mass is 127. The highest BCUT2D eigenvalue weighted by Crippen LogP contribution is 2.22. The Morgan fingerprint density at radius 1 is 1.19 bits per heavy atom. The molecule has 0 saturated heterocycles. The van der Waals surface area contributed by atoms with Gasteiger partial charge in [0, 0.05) is 13.6 Å². The third-order valence-electron chi connectivity index (χ3n) is 2.89. The number of carboxylic acid groups (broad SMARTS) is 1. The van der Waals surface area contributed by atoms with Gasteiger partial charge in [-0.15, -0.1) is 0 Å². The molecule has 0 aromatic heterocycles. The van der Waals surface area contributed by atoms with Crippen molar-refractivity contribution < 1.29 is 14.7 Å². The number of carbonyl (C=O) groups excluding carboxylic acids is 1. The minimum absolute atomic E-state index is 0.0708. The summed E-state index contributed by atoms with van der Waals surface area (Å²) in [6, 6.07) is 10.1. The van der Waals surface area contributed by atoms with Gasteiger partial charge in [0.2, 0.25) is 0 Å². The lowest BCUT2D eigenvalue weighted by molar-refractivity contribution is 0.0698. The van der Waals surface area contributed by atoms with Crippen molar-refractivity contribution in [2.45, 2.75) is 6.92 Å². The minimum Gasteiger partial charge on any atom is -0.478 e. The fourth-order valence-electron chi connectivity index (χ4n) is 1.73. The second kappa shape index (κ2) is 6.57. The quantitative estimate of drug-likeness (QED) is 0.672. The molecule has 0 fully saturated rings.